The van der Waals surface area contributed by atoms with Crippen molar-refractivity contribution in [2.45, 2.75) is 26.5 Å². The van der Waals surface area contributed by atoms with Crippen LogP contribution in [0.2, 0.25) is 0 Å². The second-order valence-corrected chi connectivity index (χ2v) is 3.80. The number of ether oxygens (including phenoxy) is 1. The maximum Gasteiger partial charge on any atom is 0.260 e. The molecule has 0 aliphatic heterocycles. The van der Waals surface area contributed by atoms with Crippen molar-refractivity contribution < 1.29 is 9.53 Å². The van der Waals surface area contributed by atoms with Crippen LogP contribution in [0.4, 0.5) is 0 Å². The van der Waals surface area contributed by atoms with Crippen LogP contribution in [-0.2, 0) is 11.3 Å². The Labute approximate surface area is 102 Å². The smallest absolute Gasteiger partial charge is 0.260 e. The summed E-state index contributed by atoms with van der Waals surface area (Å²) in [7, 11) is 1.60. The fourth-order valence-electron chi connectivity index (χ4n) is 1.42. The molecule has 0 fully saturated rings. The maximum atomic E-state index is 11.3. The third kappa shape index (κ3) is 4.44. The summed E-state index contributed by atoms with van der Waals surface area (Å²) in [6.07, 6.45) is -0.473. The summed E-state index contributed by atoms with van der Waals surface area (Å²) in [4.78, 5) is 11.3. The quantitative estimate of drug-likeness (QED) is 0.783. The van der Waals surface area contributed by atoms with Crippen LogP contribution in [0.1, 0.15) is 19.4 Å². The number of carbonyl (C=O) groups excluding carboxylic acids is 1. The van der Waals surface area contributed by atoms with Gasteiger partial charge in [0, 0.05) is 13.6 Å². The molecule has 0 heterocycles. The Morgan fingerprint density at radius 2 is 2.00 bits per heavy atom. The van der Waals surface area contributed by atoms with E-state index in [4.69, 9.17) is 4.74 Å². The van der Waals surface area contributed by atoms with E-state index in [1.165, 1.54) is 5.56 Å². The highest BCUT2D eigenvalue weighted by Crippen LogP contribution is 2.13. The van der Waals surface area contributed by atoms with Crippen molar-refractivity contribution in [1.82, 2.24) is 10.6 Å². The molecular weight excluding hydrogens is 216 g/mol. The molecule has 0 aliphatic carbocycles. The van der Waals surface area contributed by atoms with E-state index in [1.54, 1.807) is 14.0 Å². The van der Waals surface area contributed by atoms with Crippen LogP contribution in [0.3, 0.4) is 0 Å². The Kier molecular flexibility index (Phi) is 5.49. The van der Waals surface area contributed by atoms with Crippen LogP contribution in [0.25, 0.3) is 0 Å². The van der Waals surface area contributed by atoms with Crippen molar-refractivity contribution >= 4 is 5.91 Å². The molecule has 1 atom stereocenters. The standard InChI is InChI=1S/C13H20N2O2/c1-4-15-9-11-5-7-12(8-6-11)17-10(2)13(16)14-3/h5-8,10,15H,4,9H2,1-3H3,(H,14,16). The van der Waals surface area contributed by atoms with Gasteiger partial charge in [-0.1, -0.05) is 19.1 Å². The molecule has 4 heteroatoms. The van der Waals surface area contributed by atoms with Gasteiger partial charge < -0.3 is 15.4 Å². The van der Waals surface area contributed by atoms with Gasteiger partial charge in [0.2, 0.25) is 0 Å². The van der Waals surface area contributed by atoms with Crippen molar-refractivity contribution in [3.63, 3.8) is 0 Å². The molecule has 1 aromatic rings. The van der Waals surface area contributed by atoms with E-state index in [-0.39, 0.29) is 5.91 Å². The first-order chi connectivity index (χ1) is 8.17. The molecule has 0 aliphatic rings. The highest BCUT2D eigenvalue weighted by molar-refractivity contribution is 5.80. The van der Waals surface area contributed by atoms with Gasteiger partial charge in [0.05, 0.1) is 0 Å². The molecule has 0 aromatic heterocycles. The lowest BCUT2D eigenvalue weighted by Gasteiger charge is -2.13. The number of nitrogens with one attached hydrogen (secondary N) is 2. The second kappa shape index (κ2) is 6.91. The zero-order valence-electron chi connectivity index (χ0n) is 10.6. The fraction of sp³-hybridized carbons (Fsp3) is 0.462. The van der Waals surface area contributed by atoms with Crippen molar-refractivity contribution in [3.8, 4) is 5.75 Å². The fourth-order valence-corrected chi connectivity index (χ4v) is 1.42. The van der Waals surface area contributed by atoms with E-state index in [2.05, 4.69) is 17.6 Å². The molecule has 1 aromatic carbocycles. The number of likely N-dealkylation sites (N-methyl/N-ethyl adjacent to an activating group) is 1. The number of benzene rings is 1. The monoisotopic (exact) mass is 236 g/mol. The van der Waals surface area contributed by atoms with Crippen LogP contribution in [0, 0.1) is 0 Å². The van der Waals surface area contributed by atoms with E-state index in [0.29, 0.717) is 5.75 Å². The predicted octanol–water partition coefficient (Wildman–Crippen LogP) is 1.31. The molecule has 2 N–H and O–H groups in total. The molecule has 4 nitrogen and oxygen atoms in total. The Morgan fingerprint density at radius 1 is 1.35 bits per heavy atom. The zero-order chi connectivity index (χ0) is 12.7. The minimum atomic E-state index is -0.473. The molecular formula is C13H20N2O2. The van der Waals surface area contributed by atoms with Gasteiger partial charge in [0.1, 0.15) is 5.75 Å². The Morgan fingerprint density at radius 3 is 2.53 bits per heavy atom. The molecule has 94 valence electrons. The average molecular weight is 236 g/mol. The first kappa shape index (κ1) is 13.5. The minimum absolute atomic E-state index is 0.123. The van der Waals surface area contributed by atoms with Gasteiger partial charge in [-0.2, -0.15) is 0 Å². The van der Waals surface area contributed by atoms with Crippen LogP contribution in [-0.4, -0.2) is 25.6 Å². The van der Waals surface area contributed by atoms with E-state index in [0.717, 1.165) is 13.1 Å². The van der Waals surface area contributed by atoms with Gasteiger partial charge >= 0.3 is 0 Å². The Hall–Kier alpha value is -1.55. The van der Waals surface area contributed by atoms with E-state index >= 15 is 0 Å². The molecule has 0 saturated carbocycles. The van der Waals surface area contributed by atoms with E-state index in [1.807, 2.05) is 24.3 Å². The summed E-state index contributed by atoms with van der Waals surface area (Å²) in [5.41, 5.74) is 1.20. The first-order valence-electron chi connectivity index (χ1n) is 5.85. The summed E-state index contributed by atoms with van der Waals surface area (Å²) in [6.45, 7) is 5.60. The third-order valence-electron chi connectivity index (χ3n) is 2.43. The average Bonchev–Trinajstić information content (AvgIpc) is 2.37. The first-order valence-corrected chi connectivity index (χ1v) is 5.85. The molecule has 0 bridgehead atoms. The van der Waals surface area contributed by atoms with Gasteiger partial charge in [-0.25, -0.2) is 0 Å². The maximum absolute atomic E-state index is 11.3. The summed E-state index contributed by atoms with van der Waals surface area (Å²) >= 11 is 0. The van der Waals surface area contributed by atoms with Crippen LogP contribution >= 0.6 is 0 Å². The highest BCUT2D eigenvalue weighted by atomic mass is 16.5. The summed E-state index contributed by atoms with van der Waals surface area (Å²) < 4.78 is 5.49. The van der Waals surface area contributed by atoms with Crippen LogP contribution < -0.4 is 15.4 Å². The zero-order valence-corrected chi connectivity index (χ0v) is 10.6. The van der Waals surface area contributed by atoms with Crippen LogP contribution in [0.5, 0.6) is 5.75 Å². The molecule has 17 heavy (non-hydrogen) atoms. The van der Waals surface area contributed by atoms with Gasteiger partial charge in [-0.15, -0.1) is 0 Å². The minimum Gasteiger partial charge on any atom is -0.481 e. The number of carbonyl (C=O) groups is 1. The largest absolute Gasteiger partial charge is 0.481 e. The highest BCUT2D eigenvalue weighted by Gasteiger charge is 2.11. The molecule has 0 radical (unpaired) electrons. The summed E-state index contributed by atoms with van der Waals surface area (Å²) in [5.74, 6) is 0.586. The lowest BCUT2D eigenvalue weighted by Crippen LogP contribution is -2.33. The van der Waals surface area contributed by atoms with Gasteiger partial charge in [-0.3, -0.25) is 4.79 Å². The topological polar surface area (TPSA) is 50.4 Å². The van der Waals surface area contributed by atoms with Gasteiger partial charge in [0.25, 0.3) is 5.91 Å². The lowest BCUT2D eigenvalue weighted by atomic mass is 10.2. The normalized spacial score (nSPS) is 11.9. The van der Waals surface area contributed by atoms with E-state index in [9.17, 15) is 4.79 Å². The molecule has 0 saturated heterocycles. The number of hydrogen-bond acceptors (Lipinski definition) is 3. The SMILES string of the molecule is CCNCc1ccc(OC(C)C(=O)NC)cc1. The van der Waals surface area contributed by atoms with Gasteiger partial charge in [-0.05, 0) is 31.2 Å². The lowest BCUT2D eigenvalue weighted by molar-refractivity contribution is -0.126. The Bertz CT molecular complexity index is 349. The molecule has 1 unspecified atom stereocenters. The van der Waals surface area contributed by atoms with Crippen molar-refractivity contribution in [2.75, 3.05) is 13.6 Å². The Balaban J connectivity index is 2.53. The van der Waals surface area contributed by atoms with Crippen molar-refractivity contribution in [1.29, 1.82) is 0 Å². The number of rotatable bonds is 6. The van der Waals surface area contributed by atoms with Crippen molar-refractivity contribution in [3.05, 3.63) is 29.8 Å². The van der Waals surface area contributed by atoms with Crippen LogP contribution in [0.15, 0.2) is 24.3 Å². The van der Waals surface area contributed by atoms with Gasteiger partial charge in [0.15, 0.2) is 6.10 Å². The summed E-state index contributed by atoms with van der Waals surface area (Å²) in [6, 6.07) is 7.75. The second-order valence-electron chi connectivity index (χ2n) is 3.80. The predicted molar refractivity (Wildman–Crippen MR) is 68.0 cm³/mol. The third-order valence-corrected chi connectivity index (χ3v) is 2.43. The van der Waals surface area contributed by atoms with Crippen molar-refractivity contribution in [2.24, 2.45) is 0 Å². The number of amides is 1. The van der Waals surface area contributed by atoms with E-state index < -0.39 is 6.10 Å². The summed E-state index contributed by atoms with van der Waals surface area (Å²) in [5, 5.41) is 5.80. The molecule has 1 rings (SSSR count). The molecule has 1 amide bonds. The molecule has 0 spiro atoms. The number of hydrogen-bond donors (Lipinski definition) is 2.